The number of benzene rings is 3. The van der Waals surface area contributed by atoms with E-state index < -0.39 is 21.8 Å². The summed E-state index contributed by atoms with van der Waals surface area (Å²) >= 11 is 0. The van der Waals surface area contributed by atoms with Crippen molar-refractivity contribution in [1.82, 2.24) is 8.87 Å². The molecule has 4 aromatic rings. The zero-order valence-electron chi connectivity index (χ0n) is 19.2. The third kappa shape index (κ3) is 4.77. The lowest BCUT2D eigenvalue weighted by Gasteiger charge is -2.31. The van der Waals surface area contributed by atoms with E-state index in [0.29, 0.717) is 25.5 Å². The van der Waals surface area contributed by atoms with E-state index in [-0.39, 0.29) is 29.7 Å². The van der Waals surface area contributed by atoms with E-state index in [1.807, 2.05) is 30.3 Å². The predicted molar refractivity (Wildman–Crippen MR) is 130 cm³/mol. The molecule has 4 nitrogen and oxygen atoms in total. The van der Waals surface area contributed by atoms with E-state index in [2.05, 4.69) is 10.8 Å². The Kier molecular flexibility index (Phi) is 6.38. The van der Waals surface area contributed by atoms with Crippen molar-refractivity contribution in [3.8, 4) is 0 Å². The Labute approximate surface area is 206 Å². The normalized spacial score (nSPS) is 16.0. The van der Waals surface area contributed by atoms with Crippen molar-refractivity contribution in [2.75, 3.05) is 13.1 Å². The number of hydrogen-bond acceptors (Lipinski definition) is 2. The number of halogens is 4. The lowest BCUT2D eigenvalue weighted by molar-refractivity contribution is -0.137. The summed E-state index contributed by atoms with van der Waals surface area (Å²) in [6.45, 7) is 0.931. The number of nitrogens with zero attached hydrogens (tertiary/aromatic N) is 2. The Morgan fingerprint density at radius 1 is 0.889 bits per heavy atom. The van der Waals surface area contributed by atoms with Gasteiger partial charge in [-0.25, -0.2) is 12.8 Å². The third-order valence-electron chi connectivity index (χ3n) is 6.75. The number of para-hydroxylation sites is 1. The first-order valence-electron chi connectivity index (χ1n) is 11.6. The summed E-state index contributed by atoms with van der Waals surface area (Å²) < 4.78 is 82.5. The van der Waals surface area contributed by atoms with Crippen LogP contribution in [0.5, 0.6) is 0 Å². The topological polar surface area (TPSA) is 42.3 Å². The van der Waals surface area contributed by atoms with E-state index in [1.54, 1.807) is 6.07 Å². The molecule has 0 N–H and O–H groups in total. The SMILES string of the molecule is O=S(=O)(c1cccc(C(F)(F)F)c1)N1CCC(c2cn(Cc3cccc(F)c3)c3ccccc23)CC1. The van der Waals surface area contributed by atoms with Crippen LogP contribution < -0.4 is 0 Å². The van der Waals surface area contributed by atoms with Crippen molar-refractivity contribution in [3.63, 3.8) is 0 Å². The van der Waals surface area contributed by atoms with Crippen LogP contribution in [0.2, 0.25) is 0 Å². The average molecular weight is 517 g/mol. The maximum Gasteiger partial charge on any atom is 0.416 e. The summed E-state index contributed by atoms with van der Waals surface area (Å²) in [4.78, 5) is -0.345. The molecule has 2 heterocycles. The van der Waals surface area contributed by atoms with Gasteiger partial charge in [-0.3, -0.25) is 0 Å². The van der Waals surface area contributed by atoms with Crippen molar-refractivity contribution in [2.24, 2.45) is 0 Å². The van der Waals surface area contributed by atoms with Crippen LogP contribution in [0.4, 0.5) is 17.6 Å². The standard InChI is InChI=1S/C27H24F4N2O2S/c28-22-7-3-5-19(15-22)17-32-18-25(24-9-1-2-10-26(24)32)20-11-13-33(14-12-20)36(34,35)23-8-4-6-21(16-23)27(29,30)31/h1-10,15-16,18,20H,11-14,17H2. The number of piperidine rings is 1. The maximum atomic E-state index is 13.7. The highest BCUT2D eigenvalue weighted by Crippen LogP contribution is 2.37. The zero-order valence-corrected chi connectivity index (χ0v) is 20.1. The summed E-state index contributed by atoms with van der Waals surface area (Å²) in [5.41, 5.74) is 1.96. The fourth-order valence-electron chi connectivity index (χ4n) is 4.95. The zero-order chi connectivity index (χ0) is 25.5. The molecule has 0 bridgehead atoms. The first-order valence-corrected chi connectivity index (χ1v) is 13.1. The Hall–Kier alpha value is -3.17. The van der Waals surface area contributed by atoms with E-state index >= 15 is 0 Å². The molecule has 9 heteroatoms. The van der Waals surface area contributed by atoms with E-state index in [4.69, 9.17) is 0 Å². The number of aromatic nitrogens is 1. The highest BCUT2D eigenvalue weighted by atomic mass is 32.2. The fraction of sp³-hybridized carbons (Fsp3) is 0.259. The molecule has 0 aliphatic carbocycles. The Balaban J connectivity index is 1.37. The van der Waals surface area contributed by atoms with Crippen molar-refractivity contribution < 1.29 is 26.0 Å². The van der Waals surface area contributed by atoms with Crippen molar-refractivity contribution in [2.45, 2.75) is 36.4 Å². The molecule has 1 aliphatic rings. The van der Waals surface area contributed by atoms with Gasteiger partial charge in [0.25, 0.3) is 0 Å². The van der Waals surface area contributed by atoms with Gasteiger partial charge in [0.1, 0.15) is 5.82 Å². The molecular weight excluding hydrogens is 492 g/mol. The highest BCUT2D eigenvalue weighted by molar-refractivity contribution is 7.89. The predicted octanol–water partition coefficient (Wildman–Crippen LogP) is 6.42. The van der Waals surface area contributed by atoms with E-state index in [9.17, 15) is 26.0 Å². The van der Waals surface area contributed by atoms with E-state index in [1.165, 1.54) is 22.5 Å². The van der Waals surface area contributed by atoms with Crippen LogP contribution in [0.25, 0.3) is 10.9 Å². The Bertz CT molecular complexity index is 1500. The number of alkyl halides is 3. The third-order valence-corrected chi connectivity index (χ3v) is 8.65. The second kappa shape index (κ2) is 9.37. The van der Waals surface area contributed by atoms with Gasteiger partial charge in [-0.05, 0) is 66.3 Å². The smallest absolute Gasteiger partial charge is 0.343 e. The molecule has 0 spiro atoms. The van der Waals surface area contributed by atoms with Gasteiger partial charge in [-0.15, -0.1) is 0 Å². The number of rotatable bonds is 5. The maximum absolute atomic E-state index is 13.7. The molecule has 1 aromatic heterocycles. The minimum Gasteiger partial charge on any atom is -0.343 e. The highest BCUT2D eigenvalue weighted by Gasteiger charge is 2.34. The largest absolute Gasteiger partial charge is 0.416 e. The molecule has 5 rings (SSSR count). The molecule has 0 saturated carbocycles. The Morgan fingerprint density at radius 2 is 1.61 bits per heavy atom. The fourth-order valence-corrected chi connectivity index (χ4v) is 6.47. The first-order chi connectivity index (χ1) is 17.1. The van der Waals surface area contributed by atoms with Gasteiger partial charge >= 0.3 is 6.18 Å². The minimum absolute atomic E-state index is 0.0941. The van der Waals surface area contributed by atoms with E-state index in [0.717, 1.165) is 34.2 Å². The van der Waals surface area contributed by atoms with Crippen LogP contribution >= 0.6 is 0 Å². The second-order valence-corrected chi connectivity index (χ2v) is 11.0. The molecule has 3 aromatic carbocycles. The van der Waals surface area contributed by atoms with Gasteiger partial charge in [0, 0.05) is 36.7 Å². The van der Waals surface area contributed by atoms with Crippen molar-refractivity contribution in [3.05, 3.63) is 102 Å². The van der Waals surface area contributed by atoms with Gasteiger partial charge in [0.2, 0.25) is 10.0 Å². The molecule has 0 radical (unpaired) electrons. The average Bonchev–Trinajstić information content (AvgIpc) is 3.22. The van der Waals surface area contributed by atoms with Crippen LogP contribution in [-0.4, -0.2) is 30.4 Å². The van der Waals surface area contributed by atoms with Gasteiger partial charge < -0.3 is 4.57 Å². The lowest BCUT2D eigenvalue weighted by Crippen LogP contribution is -2.38. The van der Waals surface area contributed by atoms with Crippen LogP contribution in [0.3, 0.4) is 0 Å². The van der Waals surface area contributed by atoms with Gasteiger partial charge in [0.15, 0.2) is 0 Å². The van der Waals surface area contributed by atoms with Gasteiger partial charge in [-0.2, -0.15) is 17.5 Å². The molecule has 0 amide bonds. The number of hydrogen-bond donors (Lipinski definition) is 0. The van der Waals surface area contributed by atoms with Crippen LogP contribution in [0.15, 0.2) is 83.9 Å². The summed E-state index contributed by atoms with van der Waals surface area (Å²) in [6, 6.07) is 18.3. The lowest BCUT2D eigenvalue weighted by atomic mass is 9.90. The monoisotopic (exact) mass is 516 g/mol. The molecule has 0 atom stereocenters. The minimum atomic E-state index is -4.61. The van der Waals surface area contributed by atoms with Crippen molar-refractivity contribution in [1.29, 1.82) is 0 Å². The van der Waals surface area contributed by atoms with Crippen molar-refractivity contribution >= 4 is 20.9 Å². The molecule has 188 valence electrons. The number of sulfonamides is 1. The van der Waals surface area contributed by atoms with Crippen LogP contribution in [0.1, 0.15) is 35.4 Å². The molecular formula is C27H24F4N2O2S. The van der Waals surface area contributed by atoms with Crippen LogP contribution in [-0.2, 0) is 22.7 Å². The van der Waals surface area contributed by atoms with Gasteiger partial charge in [0.05, 0.1) is 10.5 Å². The molecule has 1 fully saturated rings. The summed E-state index contributed by atoms with van der Waals surface area (Å²) in [7, 11) is -4.04. The molecule has 36 heavy (non-hydrogen) atoms. The number of fused-ring (bicyclic) bond motifs is 1. The molecule has 1 aliphatic heterocycles. The Morgan fingerprint density at radius 3 is 2.33 bits per heavy atom. The van der Waals surface area contributed by atoms with Crippen LogP contribution in [0, 0.1) is 5.82 Å². The quantitative estimate of drug-likeness (QED) is 0.288. The summed E-state index contributed by atoms with van der Waals surface area (Å²) in [5.74, 6) is -0.199. The first kappa shape index (κ1) is 24.5. The molecule has 0 unspecified atom stereocenters. The summed E-state index contributed by atoms with van der Waals surface area (Å²) in [5, 5.41) is 1.06. The summed E-state index contributed by atoms with van der Waals surface area (Å²) in [6.07, 6.45) is -1.46. The molecule has 1 saturated heterocycles. The second-order valence-electron chi connectivity index (χ2n) is 9.06. The van der Waals surface area contributed by atoms with Gasteiger partial charge in [-0.1, -0.05) is 36.4 Å².